The molecule has 3 aromatic rings. The van der Waals surface area contributed by atoms with Crippen LogP contribution in [0.1, 0.15) is 10.6 Å². The first-order valence-corrected chi connectivity index (χ1v) is 6.67. The van der Waals surface area contributed by atoms with Gasteiger partial charge >= 0.3 is 0 Å². The van der Waals surface area contributed by atoms with Gasteiger partial charge in [0.25, 0.3) is 0 Å². The summed E-state index contributed by atoms with van der Waals surface area (Å²) in [7, 11) is 0. The molecule has 0 unspecified atom stereocenters. The van der Waals surface area contributed by atoms with Crippen molar-refractivity contribution < 1.29 is 4.74 Å². The minimum atomic E-state index is 0.530. The van der Waals surface area contributed by atoms with E-state index in [0.29, 0.717) is 6.61 Å². The number of rotatable bonds is 3. The van der Waals surface area contributed by atoms with Crippen LogP contribution >= 0.6 is 11.3 Å². The average Bonchev–Trinajstić information content (AvgIpc) is 2.79. The fourth-order valence-corrected chi connectivity index (χ4v) is 2.78. The molecule has 0 aliphatic heterocycles. The molecule has 0 aliphatic rings. The fourth-order valence-electron chi connectivity index (χ4n) is 1.80. The zero-order valence-corrected chi connectivity index (χ0v) is 10.9. The molecule has 18 heavy (non-hydrogen) atoms. The summed E-state index contributed by atoms with van der Waals surface area (Å²) in [5, 5.41) is 1.01. The Bertz CT molecular complexity index is 661. The van der Waals surface area contributed by atoms with E-state index in [1.54, 1.807) is 11.3 Å². The van der Waals surface area contributed by atoms with E-state index in [1.807, 2.05) is 30.3 Å². The largest absolute Gasteiger partial charge is 0.486 e. The molecule has 3 heteroatoms. The van der Waals surface area contributed by atoms with Gasteiger partial charge in [-0.2, -0.15) is 0 Å². The van der Waals surface area contributed by atoms with Crippen LogP contribution in [0.3, 0.4) is 0 Å². The highest BCUT2D eigenvalue weighted by Gasteiger charge is 2.04. The van der Waals surface area contributed by atoms with Crippen molar-refractivity contribution in [1.29, 1.82) is 0 Å². The number of thiazole rings is 1. The quantitative estimate of drug-likeness (QED) is 0.700. The minimum absolute atomic E-state index is 0.530. The maximum atomic E-state index is 5.70. The summed E-state index contributed by atoms with van der Waals surface area (Å²) in [6.45, 7) is 2.63. The normalized spacial score (nSPS) is 10.7. The van der Waals surface area contributed by atoms with Crippen LogP contribution in [0.4, 0.5) is 0 Å². The zero-order valence-electron chi connectivity index (χ0n) is 10.1. The number of aryl methyl sites for hydroxylation is 1. The Morgan fingerprint density at radius 2 is 1.94 bits per heavy atom. The van der Waals surface area contributed by atoms with Crippen LogP contribution in [0.25, 0.3) is 10.2 Å². The van der Waals surface area contributed by atoms with Crippen molar-refractivity contribution in [1.82, 2.24) is 4.98 Å². The van der Waals surface area contributed by atoms with Crippen molar-refractivity contribution >= 4 is 21.6 Å². The fraction of sp³-hybridized carbons (Fsp3) is 0.133. The third-order valence-corrected chi connectivity index (χ3v) is 3.69. The van der Waals surface area contributed by atoms with E-state index in [-0.39, 0.29) is 0 Å². The van der Waals surface area contributed by atoms with Crippen LogP contribution in [0, 0.1) is 6.92 Å². The zero-order chi connectivity index (χ0) is 12.4. The van der Waals surface area contributed by atoms with Crippen LogP contribution in [0.15, 0.2) is 48.5 Å². The molecule has 0 atom stereocenters. The molecule has 0 radical (unpaired) electrons. The smallest absolute Gasteiger partial charge is 0.140 e. The maximum Gasteiger partial charge on any atom is 0.140 e. The third-order valence-electron chi connectivity index (χ3n) is 2.69. The van der Waals surface area contributed by atoms with E-state index in [9.17, 15) is 0 Å². The van der Waals surface area contributed by atoms with Gasteiger partial charge in [0.05, 0.1) is 10.2 Å². The number of aromatic nitrogens is 1. The lowest BCUT2D eigenvalue weighted by Crippen LogP contribution is -1.93. The number of benzene rings is 2. The van der Waals surface area contributed by atoms with Gasteiger partial charge in [0.15, 0.2) is 0 Å². The molecule has 0 aliphatic carbocycles. The molecular weight excluding hydrogens is 242 g/mol. The van der Waals surface area contributed by atoms with Crippen LogP contribution in [0.2, 0.25) is 0 Å². The minimum Gasteiger partial charge on any atom is -0.486 e. The summed E-state index contributed by atoms with van der Waals surface area (Å²) in [4.78, 5) is 4.56. The number of fused-ring (bicyclic) bond motifs is 1. The number of para-hydroxylation sites is 1. The van der Waals surface area contributed by atoms with Crippen molar-refractivity contribution in [3.8, 4) is 5.75 Å². The molecule has 2 nitrogen and oxygen atoms in total. The summed E-state index contributed by atoms with van der Waals surface area (Å²) in [6, 6.07) is 16.1. The highest BCUT2D eigenvalue weighted by Crippen LogP contribution is 2.24. The second kappa shape index (κ2) is 4.78. The summed E-state index contributed by atoms with van der Waals surface area (Å²) in [5.74, 6) is 0.882. The van der Waals surface area contributed by atoms with E-state index in [0.717, 1.165) is 16.3 Å². The monoisotopic (exact) mass is 255 g/mol. The van der Waals surface area contributed by atoms with E-state index in [1.165, 1.54) is 10.3 Å². The SMILES string of the molecule is Cc1ccc2nc(COc3ccccc3)sc2c1. The van der Waals surface area contributed by atoms with Gasteiger partial charge < -0.3 is 4.74 Å². The second-order valence-corrected chi connectivity index (χ2v) is 5.30. The number of nitrogens with zero attached hydrogens (tertiary/aromatic N) is 1. The molecule has 0 N–H and O–H groups in total. The number of hydrogen-bond donors (Lipinski definition) is 0. The molecule has 0 bridgehead atoms. The van der Waals surface area contributed by atoms with Gasteiger partial charge in [0.1, 0.15) is 17.4 Å². The predicted octanol–water partition coefficient (Wildman–Crippen LogP) is 4.18. The second-order valence-electron chi connectivity index (χ2n) is 4.18. The van der Waals surface area contributed by atoms with Crippen molar-refractivity contribution in [3.63, 3.8) is 0 Å². The van der Waals surface area contributed by atoms with E-state index < -0.39 is 0 Å². The average molecular weight is 255 g/mol. The Labute approximate surface area is 110 Å². The van der Waals surface area contributed by atoms with Gasteiger partial charge in [0.2, 0.25) is 0 Å². The molecule has 0 saturated heterocycles. The highest BCUT2D eigenvalue weighted by molar-refractivity contribution is 7.18. The molecular formula is C15H13NOS. The number of ether oxygens (including phenoxy) is 1. The molecule has 0 saturated carbocycles. The van der Waals surface area contributed by atoms with Crippen molar-refractivity contribution in [2.45, 2.75) is 13.5 Å². The van der Waals surface area contributed by atoms with Gasteiger partial charge in [-0.15, -0.1) is 11.3 Å². The van der Waals surface area contributed by atoms with Crippen LogP contribution < -0.4 is 4.74 Å². The Kier molecular flexibility index (Phi) is 2.99. The summed E-state index contributed by atoms with van der Waals surface area (Å²) >= 11 is 1.69. The van der Waals surface area contributed by atoms with Gasteiger partial charge in [-0.05, 0) is 36.8 Å². The van der Waals surface area contributed by atoms with Crippen LogP contribution in [-0.2, 0) is 6.61 Å². The Balaban J connectivity index is 1.79. The molecule has 3 rings (SSSR count). The molecule has 0 spiro atoms. The lowest BCUT2D eigenvalue weighted by molar-refractivity contribution is 0.306. The Hall–Kier alpha value is -1.87. The van der Waals surface area contributed by atoms with Gasteiger partial charge in [-0.1, -0.05) is 24.3 Å². The molecule has 1 aromatic heterocycles. The van der Waals surface area contributed by atoms with Crippen molar-refractivity contribution in [2.24, 2.45) is 0 Å². The summed E-state index contributed by atoms with van der Waals surface area (Å²) < 4.78 is 6.92. The van der Waals surface area contributed by atoms with E-state index in [2.05, 4.69) is 30.1 Å². The lowest BCUT2D eigenvalue weighted by Gasteiger charge is -2.02. The summed E-state index contributed by atoms with van der Waals surface area (Å²) in [5.41, 5.74) is 2.32. The van der Waals surface area contributed by atoms with Crippen LogP contribution in [0.5, 0.6) is 5.75 Å². The van der Waals surface area contributed by atoms with Gasteiger partial charge in [-0.25, -0.2) is 4.98 Å². The molecule has 0 fully saturated rings. The van der Waals surface area contributed by atoms with E-state index in [4.69, 9.17) is 4.74 Å². The van der Waals surface area contributed by atoms with Crippen molar-refractivity contribution in [3.05, 3.63) is 59.1 Å². The summed E-state index contributed by atoms with van der Waals surface area (Å²) in [6.07, 6.45) is 0. The standard InChI is InChI=1S/C15H13NOS/c1-11-7-8-13-14(9-11)18-15(16-13)10-17-12-5-3-2-4-6-12/h2-9H,10H2,1H3. The Morgan fingerprint density at radius 1 is 1.11 bits per heavy atom. The Morgan fingerprint density at radius 3 is 2.78 bits per heavy atom. The first-order valence-electron chi connectivity index (χ1n) is 5.85. The van der Waals surface area contributed by atoms with Crippen molar-refractivity contribution in [2.75, 3.05) is 0 Å². The first-order chi connectivity index (χ1) is 8.81. The number of hydrogen-bond acceptors (Lipinski definition) is 3. The van der Waals surface area contributed by atoms with Gasteiger partial charge in [-0.3, -0.25) is 0 Å². The topological polar surface area (TPSA) is 22.1 Å². The molecule has 0 amide bonds. The lowest BCUT2D eigenvalue weighted by atomic mass is 10.2. The predicted molar refractivity (Wildman–Crippen MR) is 75.1 cm³/mol. The maximum absolute atomic E-state index is 5.70. The molecule has 90 valence electrons. The van der Waals surface area contributed by atoms with Gasteiger partial charge in [0, 0.05) is 0 Å². The van der Waals surface area contributed by atoms with E-state index >= 15 is 0 Å². The first kappa shape index (κ1) is 11.2. The molecule has 2 aromatic carbocycles. The molecule has 1 heterocycles. The highest BCUT2D eigenvalue weighted by atomic mass is 32.1. The van der Waals surface area contributed by atoms with Crippen LogP contribution in [-0.4, -0.2) is 4.98 Å². The third kappa shape index (κ3) is 2.36.